The molecule has 1 rings (SSSR count). The van der Waals surface area contributed by atoms with Gasteiger partial charge in [0, 0.05) is 0 Å². The van der Waals surface area contributed by atoms with Crippen molar-refractivity contribution in [1.82, 2.24) is 0 Å². The maximum absolute atomic E-state index is 10.4. The van der Waals surface area contributed by atoms with Gasteiger partial charge in [-0.2, -0.15) is 0 Å². The van der Waals surface area contributed by atoms with Crippen molar-refractivity contribution in [1.29, 1.82) is 0 Å². The van der Waals surface area contributed by atoms with E-state index in [1.54, 1.807) is 0 Å². The van der Waals surface area contributed by atoms with Crippen LogP contribution in [0.4, 0.5) is 0 Å². The van der Waals surface area contributed by atoms with Crippen LogP contribution >= 0.6 is 0 Å². The van der Waals surface area contributed by atoms with Gasteiger partial charge in [0.1, 0.15) is 12.1 Å². The summed E-state index contributed by atoms with van der Waals surface area (Å²) >= 11 is 0. The molecule has 22 heavy (non-hydrogen) atoms. The largest absolute Gasteiger partial charge is 0.480 e. The third kappa shape index (κ3) is 10.6. The lowest BCUT2D eigenvalue weighted by molar-refractivity contribution is -0.140. The van der Waals surface area contributed by atoms with Crippen molar-refractivity contribution in [2.45, 2.75) is 77.8 Å². The lowest BCUT2D eigenvalue weighted by atomic mass is 9.85. The normalized spacial score (nSPS) is 18.8. The molecule has 6 N–H and O–H groups in total. The van der Waals surface area contributed by atoms with Crippen molar-refractivity contribution in [3.63, 3.8) is 0 Å². The van der Waals surface area contributed by atoms with E-state index in [-0.39, 0.29) is 5.41 Å². The van der Waals surface area contributed by atoms with E-state index in [0.29, 0.717) is 18.8 Å². The molecule has 6 heteroatoms. The second-order valence-corrected chi connectivity index (χ2v) is 7.39. The highest BCUT2D eigenvalue weighted by molar-refractivity contribution is 5.73. The highest BCUT2D eigenvalue weighted by atomic mass is 16.4. The highest BCUT2D eigenvalue weighted by Gasteiger charge is 2.21. The number of carboxylic acid groups (broad SMARTS) is 2. The Morgan fingerprint density at radius 2 is 1.45 bits per heavy atom. The predicted molar refractivity (Wildman–Crippen MR) is 86.5 cm³/mol. The number of hydrogen-bond donors (Lipinski definition) is 4. The van der Waals surface area contributed by atoms with E-state index < -0.39 is 24.0 Å². The molecular formula is C16H32N2O4. The first-order valence-corrected chi connectivity index (χ1v) is 7.99. The Hall–Kier alpha value is -1.14. The molecule has 1 saturated carbocycles. The average molecular weight is 316 g/mol. The smallest absolute Gasteiger partial charge is 0.320 e. The average Bonchev–Trinajstić information content (AvgIpc) is 2.38. The molecule has 130 valence electrons. The van der Waals surface area contributed by atoms with Crippen molar-refractivity contribution >= 4 is 11.9 Å². The number of carboxylic acids is 2. The van der Waals surface area contributed by atoms with Crippen LogP contribution in [-0.4, -0.2) is 34.2 Å². The standard InChI is InChI=1S/C9H17NO2.C7H15NO2/c10-8(9(11)12)6-7-4-2-1-3-5-7;1-7(2,3)4-5(8)6(9)10/h7-8H,1-6,10H2,(H,11,12);5H,4,8H2,1-3H3,(H,9,10). The minimum Gasteiger partial charge on any atom is -0.480 e. The molecule has 0 saturated heterocycles. The van der Waals surface area contributed by atoms with Crippen molar-refractivity contribution < 1.29 is 19.8 Å². The molecule has 2 unspecified atom stereocenters. The maximum atomic E-state index is 10.4. The second kappa shape index (κ2) is 9.79. The first kappa shape index (κ1) is 20.9. The minimum absolute atomic E-state index is 0.00218. The lowest BCUT2D eigenvalue weighted by Crippen LogP contribution is -2.34. The van der Waals surface area contributed by atoms with Gasteiger partial charge < -0.3 is 21.7 Å². The van der Waals surface area contributed by atoms with Crippen LogP contribution in [0, 0.1) is 11.3 Å². The number of rotatable bonds is 5. The molecule has 2 atom stereocenters. The Balaban J connectivity index is 0.000000409. The molecular weight excluding hydrogens is 284 g/mol. The second-order valence-electron chi connectivity index (χ2n) is 7.39. The number of nitrogens with two attached hydrogens (primary N) is 2. The molecule has 0 spiro atoms. The van der Waals surface area contributed by atoms with Crippen molar-refractivity contribution in [3.05, 3.63) is 0 Å². The summed E-state index contributed by atoms with van der Waals surface area (Å²) < 4.78 is 0. The van der Waals surface area contributed by atoms with Gasteiger partial charge in [0.2, 0.25) is 0 Å². The number of hydrogen-bond acceptors (Lipinski definition) is 4. The summed E-state index contributed by atoms with van der Waals surface area (Å²) in [6.45, 7) is 5.90. The van der Waals surface area contributed by atoms with Gasteiger partial charge >= 0.3 is 11.9 Å². The van der Waals surface area contributed by atoms with Crippen molar-refractivity contribution in [3.8, 4) is 0 Å². The molecule has 1 aliphatic rings. The Labute approximate surface area is 133 Å². The summed E-state index contributed by atoms with van der Waals surface area (Å²) in [5, 5.41) is 17.0. The van der Waals surface area contributed by atoms with Crippen molar-refractivity contribution in [2.24, 2.45) is 22.8 Å². The van der Waals surface area contributed by atoms with Crippen LogP contribution in [0.15, 0.2) is 0 Å². The van der Waals surface area contributed by atoms with Gasteiger partial charge in [-0.15, -0.1) is 0 Å². The highest BCUT2D eigenvalue weighted by Crippen LogP contribution is 2.26. The Morgan fingerprint density at radius 1 is 1.00 bits per heavy atom. The zero-order valence-electron chi connectivity index (χ0n) is 14.0. The predicted octanol–water partition coefficient (Wildman–Crippen LogP) is 2.20. The summed E-state index contributed by atoms with van der Waals surface area (Å²) in [4.78, 5) is 20.7. The molecule has 0 aromatic carbocycles. The molecule has 6 nitrogen and oxygen atoms in total. The molecule has 0 radical (unpaired) electrons. The zero-order valence-corrected chi connectivity index (χ0v) is 14.0. The van der Waals surface area contributed by atoms with Crippen LogP contribution in [0.1, 0.15) is 65.7 Å². The van der Waals surface area contributed by atoms with Crippen LogP contribution in [0.5, 0.6) is 0 Å². The van der Waals surface area contributed by atoms with Crippen LogP contribution in [-0.2, 0) is 9.59 Å². The van der Waals surface area contributed by atoms with Gasteiger partial charge in [0.25, 0.3) is 0 Å². The maximum Gasteiger partial charge on any atom is 0.320 e. The Bertz CT molecular complexity index is 347. The number of aliphatic carboxylic acids is 2. The van der Waals surface area contributed by atoms with Gasteiger partial charge in [-0.05, 0) is 24.2 Å². The van der Waals surface area contributed by atoms with Gasteiger partial charge in [-0.25, -0.2) is 0 Å². The van der Waals surface area contributed by atoms with Gasteiger partial charge in [0.05, 0.1) is 0 Å². The summed E-state index contributed by atoms with van der Waals surface area (Å²) in [5.41, 5.74) is 10.7. The summed E-state index contributed by atoms with van der Waals surface area (Å²) in [6.07, 6.45) is 7.31. The van der Waals surface area contributed by atoms with E-state index in [0.717, 1.165) is 0 Å². The van der Waals surface area contributed by atoms with E-state index in [2.05, 4.69) is 0 Å². The monoisotopic (exact) mass is 316 g/mol. The van der Waals surface area contributed by atoms with Crippen molar-refractivity contribution in [2.75, 3.05) is 0 Å². The van der Waals surface area contributed by atoms with Gasteiger partial charge in [0.15, 0.2) is 0 Å². The summed E-state index contributed by atoms with van der Waals surface area (Å²) in [7, 11) is 0. The van der Waals surface area contributed by atoms with Gasteiger partial charge in [-0.1, -0.05) is 52.9 Å². The fourth-order valence-electron chi connectivity index (χ4n) is 2.63. The number of carbonyl (C=O) groups is 2. The third-order valence-corrected chi connectivity index (χ3v) is 3.78. The van der Waals surface area contributed by atoms with E-state index in [4.69, 9.17) is 21.7 Å². The minimum atomic E-state index is -0.921. The molecule has 0 bridgehead atoms. The lowest BCUT2D eigenvalue weighted by Gasteiger charge is -2.22. The van der Waals surface area contributed by atoms with Crippen LogP contribution < -0.4 is 11.5 Å². The fraction of sp³-hybridized carbons (Fsp3) is 0.875. The SMILES string of the molecule is CC(C)(C)CC(N)C(=O)O.NC(CC1CCCCC1)C(=O)O. The van der Waals surface area contributed by atoms with Crippen LogP contribution in [0.2, 0.25) is 0 Å². The van der Waals surface area contributed by atoms with E-state index in [1.807, 2.05) is 20.8 Å². The summed E-state index contributed by atoms with van der Waals surface area (Å²) in [5.74, 6) is -1.22. The van der Waals surface area contributed by atoms with E-state index in [1.165, 1.54) is 32.1 Å². The molecule has 0 aromatic rings. The third-order valence-electron chi connectivity index (χ3n) is 3.78. The Kier molecular flexibility index (Phi) is 9.28. The molecule has 1 fully saturated rings. The van der Waals surface area contributed by atoms with E-state index in [9.17, 15) is 9.59 Å². The summed E-state index contributed by atoms with van der Waals surface area (Å²) in [6, 6.07) is -1.37. The fourth-order valence-corrected chi connectivity index (χ4v) is 2.63. The van der Waals surface area contributed by atoms with E-state index >= 15 is 0 Å². The molecule has 0 aromatic heterocycles. The van der Waals surface area contributed by atoms with Crippen LogP contribution in [0.3, 0.4) is 0 Å². The quantitative estimate of drug-likeness (QED) is 0.616. The van der Waals surface area contributed by atoms with Gasteiger partial charge in [-0.3, -0.25) is 9.59 Å². The topological polar surface area (TPSA) is 127 Å². The first-order chi connectivity index (χ1) is 10.0. The first-order valence-electron chi connectivity index (χ1n) is 7.99. The van der Waals surface area contributed by atoms with Crippen LogP contribution in [0.25, 0.3) is 0 Å². The molecule has 0 aliphatic heterocycles. The molecule has 0 amide bonds. The Morgan fingerprint density at radius 3 is 1.77 bits per heavy atom. The molecule has 1 aliphatic carbocycles. The zero-order chi connectivity index (χ0) is 17.3. The molecule has 0 heterocycles.